The van der Waals surface area contributed by atoms with Gasteiger partial charge in [-0.2, -0.15) is 5.10 Å². The molecule has 0 spiro atoms. The van der Waals surface area contributed by atoms with E-state index in [-0.39, 0.29) is 18.0 Å². The number of aromatic carboxylic acids is 1. The number of rotatable bonds is 9. The number of nitrogens with zero attached hydrogens (tertiary/aromatic N) is 3. The Morgan fingerprint density at radius 2 is 1.80 bits per heavy atom. The molecule has 1 aromatic carbocycles. The number of fused-ring (bicyclic) bond motifs is 1. The lowest BCUT2D eigenvalue weighted by molar-refractivity contribution is -0.131. The quantitative estimate of drug-likeness (QED) is 0.308. The number of carboxylic acid groups (broad SMARTS) is 1. The number of hydrogen-bond acceptors (Lipinski definition) is 6. The van der Waals surface area contributed by atoms with Crippen molar-refractivity contribution < 1.29 is 24.3 Å². The second-order valence-electron chi connectivity index (χ2n) is 8.56. The summed E-state index contributed by atoms with van der Waals surface area (Å²) in [6.07, 6.45) is -0.100. The van der Waals surface area contributed by atoms with E-state index in [9.17, 15) is 24.3 Å². The summed E-state index contributed by atoms with van der Waals surface area (Å²) in [5.74, 6) is -1.81. The van der Waals surface area contributed by atoms with E-state index in [1.807, 2.05) is 0 Å². The van der Waals surface area contributed by atoms with Crippen molar-refractivity contribution >= 4 is 40.3 Å². The van der Waals surface area contributed by atoms with E-state index in [0.717, 1.165) is 0 Å². The normalized spacial score (nSPS) is 13.6. The van der Waals surface area contributed by atoms with Gasteiger partial charge in [0.25, 0.3) is 0 Å². The first-order chi connectivity index (χ1) is 16.5. The van der Waals surface area contributed by atoms with Gasteiger partial charge in [0.05, 0.1) is 6.04 Å². The molecule has 2 aromatic heterocycles. The molecule has 0 bridgehead atoms. The van der Waals surface area contributed by atoms with Crippen molar-refractivity contribution in [2.24, 2.45) is 13.0 Å². The van der Waals surface area contributed by atoms with Crippen LogP contribution in [0.15, 0.2) is 24.3 Å². The third-order valence-electron chi connectivity index (χ3n) is 5.60. The summed E-state index contributed by atoms with van der Waals surface area (Å²) in [7, 11) is 1.65. The Morgan fingerprint density at radius 1 is 1.09 bits per heavy atom. The Balaban J connectivity index is 1.52. The fourth-order valence-electron chi connectivity index (χ4n) is 3.59. The van der Waals surface area contributed by atoms with Crippen LogP contribution in [-0.4, -0.2) is 54.6 Å². The predicted octanol–water partition coefficient (Wildman–Crippen LogP) is 1.65. The van der Waals surface area contributed by atoms with E-state index < -0.39 is 35.8 Å². The summed E-state index contributed by atoms with van der Waals surface area (Å²) in [4.78, 5) is 52.9. The van der Waals surface area contributed by atoms with Gasteiger partial charge in [-0.3, -0.25) is 19.5 Å². The van der Waals surface area contributed by atoms with Crippen LogP contribution < -0.4 is 16.0 Å². The number of carbonyl (C=O) groups excluding carboxylic acids is 3. The minimum Gasteiger partial charge on any atom is -0.477 e. The molecule has 0 saturated heterocycles. The molecule has 0 saturated carbocycles. The van der Waals surface area contributed by atoms with Gasteiger partial charge in [-0.1, -0.05) is 6.92 Å². The zero-order chi connectivity index (χ0) is 25.9. The molecule has 3 unspecified atom stereocenters. The summed E-state index contributed by atoms with van der Waals surface area (Å²) < 4.78 is 1.55. The van der Waals surface area contributed by atoms with Crippen molar-refractivity contribution in [3.63, 3.8) is 0 Å². The molecule has 12 heteroatoms. The molecule has 5 N–H and O–H groups in total. The van der Waals surface area contributed by atoms with Crippen molar-refractivity contribution in [2.75, 3.05) is 5.32 Å². The van der Waals surface area contributed by atoms with Gasteiger partial charge < -0.3 is 25.6 Å². The molecule has 0 radical (unpaired) electrons. The second kappa shape index (κ2) is 10.4. The highest BCUT2D eigenvalue weighted by molar-refractivity contribution is 6.00. The van der Waals surface area contributed by atoms with Gasteiger partial charge in [-0.15, -0.1) is 0 Å². The molecule has 3 aromatic rings. The number of aryl methyl sites for hydroxylation is 2. The van der Waals surface area contributed by atoms with E-state index in [1.165, 1.54) is 13.0 Å². The molecule has 3 amide bonds. The fraction of sp³-hybridized carbons (Fsp3) is 0.391. The molecule has 0 fully saturated rings. The maximum absolute atomic E-state index is 12.6. The average molecular weight is 484 g/mol. The number of aromatic amines is 1. The minimum atomic E-state index is -1.05. The number of amides is 3. The number of nitrogens with one attached hydrogen (secondary N) is 4. The molecule has 3 atom stereocenters. The van der Waals surface area contributed by atoms with Gasteiger partial charge in [0.15, 0.2) is 5.82 Å². The highest BCUT2D eigenvalue weighted by atomic mass is 16.4. The number of carboxylic acids is 1. The molecule has 0 aliphatic carbocycles. The standard InChI is InChI=1S/C23H29N7O5/c1-11(21(32)25-12(2)20-26-14(4)28-29-20)8-19(31)24-13(3)22(33)27-16-6-7-17-15(9-16)10-18(23(34)35)30(17)5/h6-7,9-13H,8H2,1-5H3,(H,24,31)(H,25,32)(H,27,33)(H,34,35)(H,26,28,29). The summed E-state index contributed by atoms with van der Waals surface area (Å²) in [6, 6.07) is 5.28. The predicted molar refractivity (Wildman–Crippen MR) is 128 cm³/mol. The van der Waals surface area contributed by atoms with Crippen molar-refractivity contribution in [1.82, 2.24) is 30.4 Å². The maximum atomic E-state index is 12.6. The van der Waals surface area contributed by atoms with Crippen LogP contribution in [0.1, 0.15) is 55.4 Å². The number of hydrogen-bond donors (Lipinski definition) is 5. The molecule has 186 valence electrons. The molecular weight excluding hydrogens is 454 g/mol. The molecule has 0 aliphatic rings. The van der Waals surface area contributed by atoms with E-state index in [1.54, 1.807) is 50.6 Å². The zero-order valence-corrected chi connectivity index (χ0v) is 20.2. The first-order valence-corrected chi connectivity index (χ1v) is 11.1. The fourth-order valence-corrected chi connectivity index (χ4v) is 3.59. The van der Waals surface area contributed by atoms with Crippen LogP contribution >= 0.6 is 0 Å². The number of benzene rings is 1. The van der Waals surface area contributed by atoms with Crippen LogP contribution in [-0.2, 0) is 21.4 Å². The third kappa shape index (κ3) is 6.02. The third-order valence-corrected chi connectivity index (χ3v) is 5.60. The van der Waals surface area contributed by atoms with Crippen molar-refractivity contribution in [3.05, 3.63) is 41.6 Å². The minimum absolute atomic E-state index is 0.100. The summed E-state index contributed by atoms with van der Waals surface area (Å²) in [6.45, 7) is 6.66. The van der Waals surface area contributed by atoms with Crippen LogP contribution in [0.5, 0.6) is 0 Å². The van der Waals surface area contributed by atoms with Gasteiger partial charge in [0, 0.05) is 36.0 Å². The SMILES string of the molecule is Cc1nc(C(C)NC(=O)C(C)CC(=O)NC(C)C(=O)Nc2ccc3c(c2)cc(C(=O)O)n3C)n[nH]1. The van der Waals surface area contributed by atoms with Crippen molar-refractivity contribution in [1.29, 1.82) is 0 Å². The van der Waals surface area contributed by atoms with E-state index >= 15 is 0 Å². The average Bonchev–Trinajstić information content (AvgIpc) is 3.36. The first kappa shape index (κ1) is 25.4. The topological polar surface area (TPSA) is 171 Å². The second-order valence-corrected chi connectivity index (χ2v) is 8.56. The number of carbonyl (C=O) groups is 4. The molecule has 12 nitrogen and oxygen atoms in total. The Bertz CT molecular complexity index is 1280. The van der Waals surface area contributed by atoms with Gasteiger partial charge in [-0.25, -0.2) is 9.78 Å². The van der Waals surface area contributed by atoms with Crippen LogP contribution in [0.2, 0.25) is 0 Å². The largest absolute Gasteiger partial charge is 0.477 e. The molecule has 0 aliphatic heterocycles. The van der Waals surface area contributed by atoms with Crippen LogP contribution in [0.25, 0.3) is 10.9 Å². The lowest BCUT2D eigenvalue weighted by Gasteiger charge is -2.17. The Morgan fingerprint density at radius 3 is 2.43 bits per heavy atom. The van der Waals surface area contributed by atoms with Gasteiger partial charge in [0.2, 0.25) is 17.7 Å². The number of H-pyrrole nitrogens is 1. The van der Waals surface area contributed by atoms with E-state index in [4.69, 9.17) is 0 Å². The van der Waals surface area contributed by atoms with Crippen LogP contribution in [0, 0.1) is 12.8 Å². The summed E-state index contributed by atoms with van der Waals surface area (Å²) in [5.41, 5.74) is 1.31. The summed E-state index contributed by atoms with van der Waals surface area (Å²) >= 11 is 0. The monoisotopic (exact) mass is 483 g/mol. The zero-order valence-electron chi connectivity index (χ0n) is 20.2. The molecule has 35 heavy (non-hydrogen) atoms. The van der Waals surface area contributed by atoms with Crippen LogP contribution in [0.4, 0.5) is 5.69 Å². The van der Waals surface area contributed by atoms with Gasteiger partial charge in [0.1, 0.15) is 17.6 Å². The van der Waals surface area contributed by atoms with Gasteiger partial charge in [-0.05, 0) is 45.0 Å². The Labute approximate surface area is 201 Å². The molecule has 2 heterocycles. The smallest absolute Gasteiger partial charge is 0.352 e. The number of aromatic nitrogens is 4. The van der Waals surface area contributed by atoms with E-state index in [2.05, 4.69) is 31.1 Å². The van der Waals surface area contributed by atoms with E-state index in [0.29, 0.717) is 28.2 Å². The highest BCUT2D eigenvalue weighted by Crippen LogP contribution is 2.23. The highest BCUT2D eigenvalue weighted by Gasteiger charge is 2.23. The Kier molecular flexibility index (Phi) is 7.52. The Hall–Kier alpha value is -4.22. The van der Waals surface area contributed by atoms with Crippen molar-refractivity contribution in [3.8, 4) is 0 Å². The lowest BCUT2D eigenvalue weighted by Crippen LogP contribution is -2.43. The van der Waals surface area contributed by atoms with Gasteiger partial charge >= 0.3 is 5.97 Å². The first-order valence-electron chi connectivity index (χ1n) is 11.1. The summed E-state index contributed by atoms with van der Waals surface area (Å²) in [5, 5.41) is 24.7. The maximum Gasteiger partial charge on any atom is 0.352 e. The van der Waals surface area contributed by atoms with Crippen LogP contribution in [0.3, 0.4) is 0 Å². The molecule has 3 rings (SSSR count). The molecular formula is C23H29N7O5. The van der Waals surface area contributed by atoms with Crippen molar-refractivity contribution in [2.45, 2.75) is 46.2 Å². The number of anilines is 1. The lowest BCUT2D eigenvalue weighted by atomic mass is 10.1.